The molecule has 2 aromatic rings. The molecule has 174 valence electrons. The Balaban J connectivity index is 1.55. The van der Waals surface area contributed by atoms with E-state index in [1.165, 1.54) is 0 Å². The van der Waals surface area contributed by atoms with Crippen molar-refractivity contribution in [1.29, 1.82) is 0 Å². The molecule has 0 bridgehead atoms. The van der Waals surface area contributed by atoms with E-state index < -0.39 is 23.8 Å². The van der Waals surface area contributed by atoms with Crippen LogP contribution in [0, 0.1) is 5.92 Å². The third kappa shape index (κ3) is 5.06. The van der Waals surface area contributed by atoms with E-state index >= 15 is 0 Å². The number of rotatable bonds is 5. The zero-order valence-electron chi connectivity index (χ0n) is 18.7. The van der Waals surface area contributed by atoms with Gasteiger partial charge in [0.1, 0.15) is 11.8 Å². The molecule has 1 N–H and O–H groups in total. The van der Waals surface area contributed by atoms with Gasteiger partial charge >= 0.3 is 5.97 Å². The van der Waals surface area contributed by atoms with Crippen molar-refractivity contribution >= 4 is 35.1 Å². The minimum absolute atomic E-state index is 0.188. The smallest absolute Gasteiger partial charge is 0.321 e. The molecule has 2 atom stereocenters. The summed E-state index contributed by atoms with van der Waals surface area (Å²) in [7, 11) is 1.65. The number of amides is 1. The highest BCUT2D eigenvalue weighted by atomic mass is 35.5. The van der Waals surface area contributed by atoms with Crippen LogP contribution in [0.2, 0.25) is 5.02 Å². The van der Waals surface area contributed by atoms with Crippen LogP contribution in [0.3, 0.4) is 0 Å². The molecule has 1 fully saturated rings. The third-order valence-corrected chi connectivity index (χ3v) is 6.06. The first-order valence-corrected chi connectivity index (χ1v) is 11.3. The van der Waals surface area contributed by atoms with E-state index in [-0.39, 0.29) is 6.61 Å². The number of carbonyl (C=O) groups excluding carboxylic acids is 2. The first kappa shape index (κ1) is 22.9. The van der Waals surface area contributed by atoms with Crippen molar-refractivity contribution in [2.45, 2.75) is 13.0 Å². The number of nitrogens with zero attached hydrogens (tertiary/aromatic N) is 3. The first-order valence-electron chi connectivity index (χ1n) is 10.9. The summed E-state index contributed by atoms with van der Waals surface area (Å²) in [6, 6.07) is 14.3. The van der Waals surface area contributed by atoms with Crippen LogP contribution in [0.4, 0.5) is 5.69 Å². The maximum atomic E-state index is 13.0. The molecule has 2 aromatic carbocycles. The molecular formula is C24H27ClN4O4. The topological polar surface area (TPSA) is 83.5 Å². The average Bonchev–Trinajstić information content (AvgIpc) is 2.83. The Morgan fingerprint density at radius 2 is 1.85 bits per heavy atom. The summed E-state index contributed by atoms with van der Waals surface area (Å²) in [6.45, 7) is 4.75. The lowest BCUT2D eigenvalue weighted by atomic mass is 9.91. The molecule has 2 aliphatic rings. The molecule has 9 heteroatoms. The second kappa shape index (κ2) is 10.1. The number of piperazine rings is 1. The third-order valence-electron chi connectivity index (χ3n) is 5.82. The summed E-state index contributed by atoms with van der Waals surface area (Å²) in [4.78, 5) is 34.7. The van der Waals surface area contributed by atoms with Crippen molar-refractivity contribution in [3.05, 3.63) is 59.1 Å². The summed E-state index contributed by atoms with van der Waals surface area (Å²) < 4.78 is 10.5. The molecule has 0 saturated carbocycles. The van der Waals surface area contributed by atoms with Crippen molar-refractivity contribution in [3.8, 4) is 5.75 Å². The van der Waals surface area contributed by atoms with Gasteiger partial charge in [-0.05, 0) is 36.8 Å². The minimum atomic E-state index is -1.06. The van der Waals surface area contributed by atoms with E-state index in [4.69, 9.17) is 26.1 Å². The van der Waals surface area contributed by atoms with E-state index in [1.807, 2.05) is 29.2 Å². The second-order valence-electron chi connectivity index (χ2n) is 7.85. The number of halogens is 1. The number of guanidine groups is 1. The molecule has 4 rings (SSSR count). The van der Waals surface area contributed by atoms with Crippen LogP contribution in [-0.2, 0) is 14.3 Å². The number of hydrogen-bond acceptors (Lipinski definition) is 7. The number of nitrogens with one attached hydrogen (secondary N) is 1. The van der Waals surface area contributed by atoms with Crippen molar-refractivity contribution < 1.29 is 19.1 Å². The number of hydrogen-bond donors (Lipinski definition) is 1. The summed E-state index contributed by atoms with van der Waals surface area (Å²) in [5.41, 5.74) is 1.78. The van der Waals surface area contributed by atoms with Crippen LogP contribution >= 0.6 is 11.6 Å². The van der Waals surface area contributed by atoms with E-state index in [9.17, 15) is 9.59 Å². The van der Waals surface area contributed by atoms with Gasteiger partial charge < -0.3 is 19.3 Å². The molecule has 0 spiro atoms. The summed E-state index contributed by atoms with van der Waals surface area (Å²) in [6.07, 6.45) is 0. The summed E-state index contributed by atoms with van der Waals surface area (Å²) in [5.74, 6) is -0.793. The maximum Gasteiger partial charge on any atom is 0.321 e. The van der Waals surface area contributed by atoms with Gasteiger partial charge in [-0.25, -0.2) is 4.99 Å². The van der Waals surface area contributed by atoms with Gasteiger partial charge in [0.15, 0.2) is 5.92 Å². The van der Waals surface area contributed by atoms with Gasteiger partial charge in [-0.15, -0.1) is 0 Å². The van der Waals surface area contributed by atoms with E-state index in [1.54, 1.807) is 32.2 Å². The van der Waals surface area contributed by atoms with Crippen LogP contribution in [0.25, 0.3) is 0 Å². The lowest BCUT2D eigenvalue weighted by molar-refractivity contribution is -0.153. The fraction of sp³-hybridized carbons (Fsp3) is 0.375. The summed E-state index contributed by atoms with van der Waals surface area (Å²) in [5, 5.41) is 3.35. The number of ether oxygens (including phenoxy) is 2. The number of benzene rings is 2. The SMILES string of the molecule is CCOC(=O)[C@H]1C(=O)NC(N2CCN(c3cccc(OC)c3)CC2)=N[C@H]1c1cccc(Cl)c1. The van der Waals surface area contributed by atoms with Gasteiger partial charge in [-0.2, -0.15) is 0 Å². The highest BCUT2D eigenvalue weighted by Gasteiger charge is 2.42. The Morgan fingerprint density at radius 1 is 1.12 bits per heavy atom. The standard InChI is InChI=1S/C24H27ClN4O4/c1-3-33-23(31)20-21(16-6-4-7-17(25)14-16)26-24(27-22(20)30)29-12-10-28(11-13-29)18-8-5-9-19(15-18)32-2/h4-9,14-15,20-21H,3,10-13H2,1-2H3,(H,26,27,30)/t20-,21+/m1/s1. The van der Waals surface area contributed by atoms with Crippen LogP contribution in [0.1, 0.15) is 18.5 Å². The Hall–Kier alpha value is -3.26. The average molecular weight is 471 g/mol. The molecule has 0 unspecified atom stereocenters. The largest absolute Gasteiger partial charge is 0.497 e. The lowest BCUT2D eigenvalue weighted by Crippen LogP contribution is -2.57. The molecule has 1 amide bonds. The zero-order valence-corrected chi connectivity index (χ0v) is 19.4. The molecule has 8 nitrogen and oxygen atoms in total. The number of carbonyl (C=O) groups is 2. The highest BCUT2D eigenvalue weighted by Crippen LogP contribution is 2.32. The van der Waals surface area contributed by atoms with E-state index in [2.05, 4.69) is 16.3 Å². The van der Waals surface area contributed by atoms with Crippen molar-refractivity contribution in [2.24, 2.45) is 10.9 Å². The number of anilines is 1. The Bertz CT molecular complexity index is 1050. The van der Waals surface area contributed by atoms with Gasteiger partial charge in [0, 0.05) is 43.0 Å². The second-order valence-corrected chi connectivity index (χ2v) is 8.28. The molecule has 0 aromatic heterocycles. The summed E-state index contributed by atoms with van der Waals surface area (Å²) >= 11 is 6.18. The first-order chi connectivity index (χ1) is 16.0. The van der Waals surface area contributed by atoms with Crippen molar-refractivity contribution in [2.75, 3.05) is 44.8 Å². The minimum Gasteiger partial charge on any atom is -0.497 e. The normalized spacial score (nSPS) is 20.7. The predicted octanol–water partition coefficient (Wildman–Crippen LogP) is 2.88. The van der Waals surface area contributed by atoms with Crippen LogP contribution in [-0.4, -0.2) is 62.6 Å². The molecular weight excluding hydrogens is 444 g/mol. The fourth-order valence-corrected chi connectivity index (χ4v) is 4.34. The Labute approximate surface area is 198 Å². The van der Waals surface area contributed by atoms with Crippen molar-refractivity contribution in [1.82, 2.24) is 10.2 Å². The van der Waals surface area contributed by atoms with Crippen LogP contribution < -0.4 is 15.0 Å². The molecule has 2 heterocycles. The van der Waals surface area contributed by atoms with Crippen LogP contribution in [0.5, 0.6) is 5.75 Å². The van der Waals surface area contributed by atoms with Gasteiger partial charge in [-0.3, -0.25) is 14.9 Å². The molecule has 2 aliphatic heterocycles. The van der Waals surface area contributed by atoms with E-state index in [0.717, 1.165) is 24.5 Å². The van der Waals surface area contributed by atoms with Crippen molar-refractivity contribution in [3.63, 3.8) is 0 Å². The van der Waals surface area contributed by atoms with Gasteiger partial charge in [-0.1, -0.05) is 29.8 Å². The molecule has 0 radical (unpaired) electrons. The Morgan fingerprint density at radius 3 is 2.55 bits per heavy atom. The number of esters is 1. The van der Waals surface area contributed by atoms with Gasteiger partial charge in [0.25, 0.3) is 0 Å². The molecule has 33 heavy (non-hydrogen) atoms. The zero-order chi connectivity index (χ0) is 23.4. The maximum absolute atomic E-state index is 13.0. The number of aliphatic imine (C=N–C) groups is 1. The van der Waals surface area contributed by atoms with E-state index in [0.29, 0.717) is 29.6 Å². The quantitative estimate of drug-likeness (QED) is 0.534. The lowest BCUT2D eigenvalue weighted by Gasteiger charge is -2.39. The highest BCUT2D eigenvalue weighted by molar-refractivity contribution is 6.30. The monoisotopic (exact) mass is 470 g/mol. The molecule has 0 aliphatic carbocycles. The number of methoxy groups -OCH3 is 1. The Kier molecular flexibility index (Phi) is 7.03. The van der Waals surface area contributed by atoms with Gasteiger partial charge in [0.05, 0.1) is 13.7 Å². The van der Waals surface area contributed by atoms with Gasteiger partial charge in [0.2, 0.25) is 11.9 Å². The predicted molar refractivity (Wildman–Crippen MR) is 127 cm³/mol. The fourth-order valence-electron chi connectivity index (χ4n) is 4.14. The van der Waals surface area contributed by atoms with Crippen LogP contribution in [0.15, 0.2) is 53.5 Å². The molecule has 1 saturated heterocycles.